The molecule has 0 saturated heterocycles. The maximum atomic E-state index is 12.0. The van der Waals surface area contributed by atoms with E-state index in [0.29, 0.717) is 19.4 Å². The van der Waals surface area contributed by atoms with Crippen molar-refractivity contribution >= 4 is 5.91 Å². The van der Waals surface area contributed by atoms with Gasteiger partial charge in [0.2, 0.25) is 5.91 Å². The minimum atomic E-state index is 0.0124. The molecular weight excluding hydrogens is 282 g/mol. The topological polar surface area (TPSA) is 71.5 Å². The monoisotopic (exact) mass is 305 g/mol. The highest BCUT2D eigenvalue weighted by molar-refractivity contribution is 5.76. The standard InChI is InChI=1S/C16H23N3O3/c1-11-13(12(2)22-18-11)7-8-16(20)17-10-14(19(3)4)15-6-5-9-21-15/h5-6,9,14H,7-8,10H2,1-4H3,(H,17,20)/t14-/m1/s1. The van der Waals surface area contributed by atoms with Crippen molar-refractivity contribution in [3.8, 4) is 0 Å². The molecule has 2 aromatic heterocycles. The number of carbonyl (C=O) groups is 1. The van der Waals surface area contributed by atoms with E-state index in [-0.39, 0.29) is 11.9 Å². The largest absolute Gasteiger partial charge is 0.468 e. The Bertz CT molecular complexity index is 583. The fourth-order valence-electron chi connectivity index (χ4n) is 2.41. The zero-order valence-electron chi connectivity index (χ0n) is 13.5. The first-order chi connectivity index (χ1) is 10.5. The number of carbonyl (C=O) groups excluding carboxylic acids is 1. The predicted octanol–water partition coefficient (Wildman–Crippen LogP) is 2.24. The molecular formula is C16H23N3O3. The van der Waals surface area contributed by atoms with E-state index in [9.17, 15) is 4.79 Å². The van der Waals surface area contributed by atoms with E-state index >= 15 is 0 Å². The highest BCUT2D eigenvalue weighted by atomic mass is 16.5. The van der Waals surface area contributed by atoms with Gasteiger partial charge in [-0.15, -0.1) is 0 Å². The quantitative estimate of drug-likeness (QED) is 0.849. The first-order valence-electron chi connectivity index (χ1n) is 7.37. The molecule has 0 fully saturated rings. The number of aryl methyl sites for hydroxylation is 2. The second-order valence-electron chi connectivity index (χ2n) is 5.60. The Hall–Kier alpha value is -2.08. The Morgan fingerprint density at radius 1 is 1.41 bits per heavy atom. The van der Waals surface area contributed by atoms with Gasteiger partial charge in [-0.1, -0.05) is 5.16 Å². The summed E-state index contributed by atoms with van der Waals surface area (Å²) in [6.45, 7) is 4.27. The zero-order valence-corrected chi connectivity index (χ0v) is 13.5. The Morgan fingerprint density at radius 3 is 2.73 bits per heavy atom. The molecule has 0 aliphatic carbocycles. The molecule has 22 heavy (non-hydrogen) atoms. The molecule has 0 unspecified atom stereocenters. The van der Waals surface area contributed by atoms with Crippen LogP contribution in [0, 0.1) is 13.8 Å². The van der Waals surface area contributed by atoms with Crippen LogP contribution in [0.1, 0.15) is 35.2 Å². The van der Waals surface area contributed by atoms with Crippen LogP contribution in [0.2, 0.25) is 0 Å². The van der Waals surface area contributed by atoms with Crippen LogP contribution in [0.25, 0.3) is 0 Å². The number of aromatic nitrogens is 1. The summed E-state index contributed by atoms with van der Waals surface area (Å²) in [7, 11) is 3.92. The van der Waals surface area contributed by atoms with Gasteiger partial charge in [-0.2, -0.15) is 0 Å². The van der Waals surface area contributed by atoms with Crippen molar-refractivity contribution in [1.82, 2.24) is 15.4 Å². The van der Waals surface area contributed by atoms with Gasteiger partial charge in [0.15, 0.2) is 0 Å². The van der Waals surface area contributed by atoms with Crippen molar-refractivity contribution in [2.75, 3.05) is 20.6 Å². The Balaban J connectivity index is 1.84. The Morgan fingerprint density at radius 2 is 2.18 bits per heavy atom. The SMILES string of the molecule is Cc1noc(C)c1CCC(=O)NC[C@H](c1ccco1)N(C)C. The minimum Gasteiger partial charge on any atom is -0.468 e. The van der Waals surface area contributed by atoms with Gasteiger partial charge in [0.25, 0.3) is 0 Å². The van der Waals surface area contributed by atoms with Crippen LogP contribution < -0.4 is 5.32 Å². The van der Waals surface area contributed by atoms with Crippen molar-refractivity contribution in [2.24, 2.45) is 0 Å². The molecule has 0 aromatic carbocycles. The van der Waals surface area contributed by atoms with E-state index in [1.807, 2.05) is 45.0 Å². The number of hydrogen-bond acceptors (Lipinski definition) is 5. The van der Waals surface area contributed by atoms with Crippen LogP contribution >= 0.6 is 0 Å². The lowest BCUT2D eigenvalue weighted by Crippen LogP contribution is -2.34. The Kier molecular flexibility index (Phi) is 5.38. The van der Waals surface area contributed by atoms with E-state index in [4.69, 9.17) is 8.94 Å². The lowest BCUT2D eigenvalue weighted by Gasteiger charge is -2.22. The number of rotatable bonds is 7. The highest BCUT2D eigenvalue weighted by Gasteiger charge is 2.18. The van der Waals surface area contributed by atoms with E-state index in [1.165, 1.54) is 0 Å². The molecule has 0 radical (unpaired) electrons. The van der Waals surface area contributed by atoms with Crippen molar-refractivity contribution in [2.45, 2.75) is 32.7 Å². The number of nitrogens with zero attached hydrogens (tertiary/aromatic N) is 2. The number of amides is 1. The van der Waals surface area contributed by atoms with Gasteiger partial charge in [0.1, 0.15) is 11.5 Å². The number of furan rings is 1. The average molecular weight is 305 g/mol. The van der Waals surface area contributed by atoms with Crippen molar-refractivity contribution < 1.29 is 13.7 Å². The fraction of sp³-hybridized carbons (Fsp3) is 0.500. The third-order valence-corrected chi connectivity index (χ3v) is 3.77. The molecule has 0 saturated carbocycles. The minimum absolute atomic E-state index is 0.0124. The predicted molar refractivity (Wildman–Crippen MR) is 82.4 cm³/mol. The molecule has 2 rings (SSSR count). The van der Waals surface area contributed by atoms with Crippen LogP contribution in [0.4, 0.5) is 0 Å². The number of hydrogen-bond donors (Lipinski definition) is 1. The summed E-state index contributed by atoms with van der Waals surface area (Å²) >= 11 is 0. The summed E-state index contributed by atoms with van der Waals surface area (Å²) in [5.41, 5.74) is 1.87. The third-order valence-electron chi connectivity index (χ3n) is 3.77. The first-order valence-corrected chi connectivity index (χ1v) is 7.37. The van der Waals surface area contributed by atoms with Crippen LogP contribution in [0.15, 0.2) is 27.3 Å². The summed E-state index contributed by atoms with van der Waals surface area (Å²) in [6, 6.07) is 3.80. The molecule has 2 heterocycles. The molecule has 6 heteroatoms. The summed E-state index contributed by atoms with van der Waals surface area (Å²) in [4.78, 5) is 14.1. The summed E-state index contributed by atoms with van der Waals surface area (Å²) in [5.74, 6) is 1.64. The molecule has 0 bridgehead atoms. The Labute approximate surface area is 130 Å². The molecule has 0 aliphatic heterocycles. The molecule has 1 N–H and O–H groups in total. The van der Waals surface area contributed by atoms with Gasteiger partial charge in [-0.05, 0) is 46.5 Å². The average Bonchev–Trinajstić information content (AvgIpc) is 3.08. The summed E-state index contributed by atoms with van der Waals surface area (Å²) in [6.07, 6.45) is 2.70. The fourth-order valence-corrected chi connectivity index (χ4v) is 2.41. The van der Waals surface area contributed by atoms with Crippen LogP contribution in [-0.4, -0.2) is 36.6 Å². The summed E-state index contributed by atoms with van der Waals surface area (Å²) < 4.78 is 10.5. The van der Waals surface area contributed by atoms with Crippen molar-refractivity contribution in [1.29, 1.82) is 0 Å². The number of nitrogens with one attached hydrogen (secondary N) is 1. The molecule has 6 nitrogen and oxygen atoms in total. The lowest BCUT2D eigenvalue weighted by molar-refractivity contribution is -0.121. The maximum Gasteiger partial charge on any atom is 0.220 e. The third kappa shape index (κ3) is 3.98. The normalized spacial score (nSPS) is 12.6. The zero-order chi connectivity index (χ0) is 16.1. The van der Waals surface area contributed by atoms with E-state index in [1.54, 1.807) is 6.26 Å². The van der Waals surface area contributed by atoms with Gasteiger partial charge >= 0.3 is 0 Å². The van der Waals surface area contributed by atoms with Crippen LogP contribution in [0.5, 0.6) is 0 Å². The second kappa shape index (κ2) is 7.26. The molecule has 0 aliphatic rings. The maximum absolute atomic E-state index is 12.0. The van der Waals surface area contributed by atoms with E-state index < -0.39 is 0 Å². The van der Waals surface area contributed by atoms with Gasteiger partial charge in [-0.3, -0.25) is 9.69 Å². The van der Waals surface area contributed by atoms with E-state index in [0.717, 1.165) is 22.8 Å². The first kappa shape index (κ1) is 16.3. The second-order valence-corrected chi connectivity index (χ2v) is 5.60. The van der Waals surface area contributed by atoms with Gasteiger partial charge in [-0.25, -0.2) is 0 Å². The van der Waals surface area contributed by atoms with Gasteiger partial charge < -0.3 is 14.3 Å². The van der Waals surface area contributed by atoms with Crippen LogP contribution in [0.3, 0.4) is 0 Å². The van der Waals surface area contributed by atoms with Gasteiger partial charge in [0.05, 0.1) is 18.0 Å². The van der Waals surface area contributed by atoms with Crippen molar-refractivity contribution in [3.63, 3.8) is 0 Å². The number of likely N-dealkylation sites (N-methyl/N-ethyl adjacent to an activating group) is 1. The van der Waals surface area contributed by atoms with Gasteiger partial charge in [0, 0.05) is 18.5 Å². The van der Waals surface area contributed by atoms with E-state index in [2.05, 4.69) is 10.5 Å². The summed E-state index contributed by atoms with van der Waals surface area (Å²) in [5, 5.41) is 6.86. The lowest BCUT2D eigenvalue weighted by atomic mass is 10.1. The van der Waals surface area contributed by atoms with Crippen molar-refractivity contribution in [3.05, 3.63) is 41.2 Å². The molecule has 1 atom stereocenters. The molecule has 1 amide bonds. The molecule has 0 spiro atoms. The highest BCUT2D eigenvalue weighted by Crippen LogP contribution is 2.18. The smallest absolute Gasteiger partial charge is 0.220 e. The molecule has 2 aromatic rings. The molecule has 120 valence electrons. The van der Waals surface area contributed by atoms with Crippen LogP contribution in [-0.2, 0) is 11.2 Å².